The molecule has 2 unspecified atom stereocenters. The third kappa shape index (κ3) is 3.71. The van der Waals surface area contributed by atoms with Crippen LogP contribution in [0.15, 0.2) is 42.5 Å². The van der Waals surface area contributed by atoms with Crippen LogP contribution in [-0.2, 0) is 4.74 Å². The van der Waals surface area contributed by atoms with Gasteiger partial charge < -0.3 is 4.74 Å². The third-order valence-electron chi connectivity index (χ3n) is 3.42. The Morgan fingerprint density at radius 1 is 1.22 bits per heavy atom. The van der Waals surface area contributed by atoms with Crippen molar-refractivity contribution in [3.8, 4) is 0 Å². The summed E-state index contributed by atoms with van der Waals surface area (Å²) in [6.07, 6.45) is 8.64. The van der Waals surface area contributed by atoms with Gasteiger partial charge in [0.15, 0.2) is 0 Å². The van der Waals surface area contributed by atoms with E-state index >= 15 is 0 Å². The molecule has 0 fully saturated rings. The molecule has 0 saturated heterocycles. The molecule has 1 aliphatic carbocycles. The monoisotopic (exact) mass is 244 g/mol. The molecule has 18 heavy (non-hydrogen) atoms. The van der Waals surface area contributed by atoms with Crippen molar-refractivity contribution in [2.24, 2.45) is 11.8 Å². The lowest BCUT2D eigenvalue weighted by Crippen LogP contribution is -2.18. The summed E-state index contributed by atoms with van der Waals surface area (Å²) < 4.78 is 6.18. The van der Waals surface area contributed by atoms with Crippen molar-refractivity contribution in [1.29, 1.82) is 0 Å². The summed E-state index contributed by atoms with van der Waals surface area (Å²) in [5, 5.41) is 0. The number of ether oxygens (including phenoxy) is 1. The fraction of sp³-hybridized carbons (Fsp3) is 0.529. The van der Waals surface area contributed by atoms with Crippen LogP contribution in [0.4, 0.5) is 0 Å². The highest BCUT2D eigenvalue weighted by atomic mass is 16.5. The van der Waals surface area contributed by atoms with Crippen molar-refractivity contribution in [3.05, 3.63) is 48.0 Å². The van der Waals surface area contributed by atoms with Gasteiger partial charge in [-0.05, 0) is 30.7 Å². The first-order chi connectivity index (χ1) is 8.77. The lowest BCUT2D eigenvalue weighted by atomic mass is 9.87. The fourth-order valence-electron chi connectivity index (χ4n) is 2.50. The van der Waals surface area contributed by atoms with Crippen molar-refractivity contribution in [3.63, 3.8) is 0 Å². The molecule has 0 bridgehead atoms. The molecule has 1 heteroatoms. The zero-order valence-electron chi connectivity index (χ0n) is 11.5. The molecule has 1 aromatic carbocycles. The average molecular weight is 244 g/mol. The molecule has 2 rings (SSSR count). The standard InChI is InChI=1S/C17H24O/c1-14(2)13-18-17(15-9-5-3-6-10-15)16-11-7-4-8-12-16/h3,5-7,9-11,14,16-17H,4,8,12-13H2,1-2H3. The molecule has 0 amide bonds. The Balaban J connectivity index is 2.11. The van der Waals surface area contributed by atoms with E-state index in [1.54, 1.807) is 0 Å². The molecule has 98 valence electrons. The Hall–Kier alpha value is -1.08. The van der Waals surface area contributed by atoms with E-state index < -0.39 is 0 Å². The first kappa shape index (κ1) is 13.4. The number of rotatable bonds is 5. The molecule has 1 aromatic rings. The van der Waals surface area contributed by atoms with Crippen LogP contribution in [-0.4, -0.2) is 6.61 Å². The zero-order chi connectivity index (χ0) is 12.8. The predicted octanol–water partition coefficient (Wildman–Crippen LogP) is 4.76. The molecule has 1 nitrogen and oxygen atoms in total. The van der Waals surface area contributed by atoms with Crippen LogP contribution in [0.5, 0.6) is 0 Å². The van der Waals surface area contributed by atoms with E-state index in [9.17, 15) is 0 Å². The second-order valence-corrected chi connectivity index (χ2v) is 5.58. The van der Waals surface area contributed by atoms with E-state index in [2.05, 4.69) is 56.3 Å². The molecule has 0 heterocycles. The summed E-state index contributed by atoms with van der Waals surface area (Å²) in [5.74, 6) is 1.13. The summed E-state index contributed by atoms with van der Waals surface area (Å²) in [6.45, 7) is 5.25. The van der Waals surface area contributed by atoms with E-state index in [-0.39, 0.29) is 6.10 Å². The molecule has 1 aliphatic rings. The van der Waals surface area contributed by atoms with Crippen LogP contribution < -0.4 is 0 Å². The first-order valence-corrected chi connectivity index (χ1v) is 7.10. The average Bonchev–Trinajstić information content (AvgIpc) is 2.41. The smallest absolute Gasteiger partial charge is 0.0887 e. The highest BCUT2D eigenvalue weighted by molar-refractivity contribution is 5.20. The summed E-state index contributed by atoms with van der Waals surface area (Å²) >= 11 is 0. The number of allylic oxidation sites excluding steroid dienone is 1. The molecule has 0 spiro atoms. The number of hydrogen-bond donors (Lipinski definition) is 0. The molecule has 0 aromatic heterocycles. The van der Waals surface area contributed by atoms with Crippen LogP contribution >= 0.6 is 0 Å². The Labute approximate surface area is 111 Å². The van der Waals surface area contributed by atoms with Crippen molar-refractivity contribution in [1.82, 2.24) is 0 Å². The van der Waals surface area contributed by atoms with Crippen molar-refractivity contribution in [2.45, 2.75) is 39.2 Å². The van der Waals surface area contributed by atoms with Gasteiger partial charge in [-0.15, -0.1) is 0 Å². The topological polar surface area (TPSA) is 9.23 Å². The van der Waals surface area contributed by atoms with Gasteiger partial charge in [0.05, 0.1) is 6.10 Å². The van der Waals surface area contributed by atoms with Crippen LogP contribution in [0, 0.1) is 11.8 Å². The summed E-state index contributed by atoms with van der Waals surface area (Å²) in [5.41, 5.74) is 1.31. The number of hydrogen-bond acceptors (Lipinski definition) is 1. The number of benzene rings is 1. The van der Waals surface area contributed by atoms with Gasteiger partial charge in [-0.1, -0.05) is 56.3 Å². The molecule has 2 atom stereocenters. The van der Waals surface area contributed by atoms with Crippen molar-refractivity contribution < 1.29 is 4.74 Å². The quantitative estimate of drug-likeness (QED) is 0.679. The minimum Gasteiger partial charge on any atom is -0.373 e. The molecular formula is C17H24O. The van der Waals surface area contributed by atoms with Gasteiger partial charge in [-0.3, -0.25) is 0 Å². The minimum atomic E-state index is 0.227. The van der Waals surface area contributed by atoms with Crippen molar-refractivity contribution >= 4 is 0 Å². The molecule has 0 saturated carbocycles. The van der Waals surface area contributed by atoms with Crippen LogP contribution in [0.1, 0.15) is 44.8 Å². The normalized spacial score (nSPS) is 21.2. The van der Waals surface area contributed by atoms with Gasteiger partial charge in [0, 0.05) is 12.5 Å². The van der Waals surface area contributed by atoms with E-state index in [1.165, 1.54) is 24.8 Å². The Bertz CT molecular complexity index is 366. The second kappa shape index (κ2) is 6.75. The Morgan fingerprint density at radius 2 is 2.00 bits per heavy atom. The predicted molar refractivity (Wildman–Crippen MR) is 76.5 cm³/mol. The first-order valence-electron chi connectivity index (χ1n) is 7.10. The van der Waals surface area contributed by atoms with Gasteiger partial charge in [0.2, 0.25) is 0 Å². The zero-order valence-corrected chi connectivity index (χ0v) is 11.5. The summed E-state index contributed by atoms with van der Waals surface area (Å²) in [6, 6.07) is 10.7. The highest BCUT2D eigenvalue weighted by Crippen LogP contribution is 2.33. The lowest BCUT2D eigenvalue weighted by molar-refractivity contribution is 0.00547. The van der Waals surface area contributed by atoms with Crippen LogP contribution in [0.3, 0.4) is 0 Å². The highest BCUT2D eigenvalue weighted by Gasteiger charge is 2.23. The second-order valence-electron chi connectivity index (χ2n) is 5.58. The van der Waals surface area contributed by atoms with Gasteiger partial charge >= 0.3 is 0 Å². The van der Waals surface area contributed by atoms with E-state index in [4.69, 9.17) is 4.74 Å². The Kier molecular flexibility index (Phi) is 5.00. The lowest BCUT2D eigenvalue weighted by Gasteiger charge is -2.28. The largest absolute Gasteiger partial charge is 0.373 e. The SMILES string of the molecule is CC(C)COC(c1ccccc1)C1C=CCCC1. The maximum atomic E-state index is 6.18. The Morgan fingerprint density at radius 3 is 2.61 bits per heavy atom. The van der Waals surface area contributed by atoms with Crippen molar-refractivity contribution in [2.75, 3.05) is 6.61 Å². The van der Waals surface area contributed by atoms with Crippen LogP contribution in [0.25, 0.3) is 0 Å². The maximum Gasteiger partial charge on any atom is 0.0887 e. The minimum absolute atomic E-state index is 0.227. The van der Waals surface area contributed by atoms with Gasteiger partial charge in [0.25, 0.3) is 0 Å². The fourth-order valence-corrected chi connectivity index (χ4v) is 2.50. The molecule has 0 aliphatic heterocycles. The van der Waals surface area contributed by atoms with Gasteiger partial charge in [0.1, 0.15) is 0 Å². The summed E-state index contributed by atoms with van der Waals surface area (Å²) in [4.78, 5) is 0. The molecule has 0 radical (unpaired) electrons. The van der Waals surface area contributed by atoms with Crippen LogP contribution in [0.2, 0.25) is 0 Å². The summed E-state index contributed by atoms with van der Waals surface area (Å²) in [7, 11) is 0. The van der Waals surface area contributed by atoms with Gasteiger partial charge in [-0.2, -0.15) is 0 Å². The van der Waals surface area contributed by atoms with Gasteiger partial charge in [-0.25, -0.2) is 0 Å². The van der Waals surface area contributed by atoms with E-state index in [0.29, 0.717) is 11.8 Å². The maximum absolute atomic E-state index is 6.18. The molecular weight excluding hydrogens is 220 g/mol. The molecule has 0 N–H and O–H groups in total. The van der Waals surface area contributed by atoms with E-state index in [1.807, 2.05) is 0 Å². The van der Waals surface area contributed by atoms with E-state index in [0.717, 1.165) is 6.61 Å². The third-order valence-corrected chi connectivity index (χ3v) is 3.42.